The van der Waals surface area contributed by atoms with Crippen molar-refractivity contribution in [3.05, 3.63) is 35.4 Å². The maximum absolute atomic E-state index is 13.7. The fourth-order valence-corrected chi connectivity index (χ4v) is 3.18. The van der Waals surface area contributed by atoms with Crippen molar-refractivity contribution in [3.63, 3.8) is 0 Å². The van der Waals surface area contributed by atoms with Crippen LogP contribution in [0.4, 0.5) is 13.2 Å². The smallest absolute Gasteiger partial charge is 0.368 e. The van der Waals surface area contributed by atoms with Gasteiger partial charge in [0.25, 0.3) is 0 Å². The van der Waals surface area contributed by atoms with Gasteiger partial charge in [0.1, 0.15) is 6.10 Å². The maximum atomic E-state index is 13.7. The van der Waals surface area contributed by atoms with Crippen LogP contribution < -0.4 is 5.32 Å². The average molecular weight is 299 g/mol. The molecule has 3 rings (SSSR count). The molecule has 0 saturated carbocycles. The molecule has 1 aromatic carbocycles. The first-order valence-corrected chi connectivity index (χ1v) is 7.03. The molecule has 1 aliphatic carbocycles. The van der Waals surface area contributed by atoms with Crippen molar-refractivity contribution in [1.29, 1.82) is 0 Å². The topological polar surface area (TPSA) is 38.3 Å². The molecule has 0 unspecified atom stereocenters. The van der Waals surface area contributed by atoms with Crippen LogP contribution in [0.5, 0.6) is 0 Å². The Bertz CT molecular complexity index is 552. The number of rotatable bonds is 2. The van der Waals surface area contributed by atoms with Crippen molar-refractivity contribution in [2.24, 2.45) is 0 Å². The van der Waals surface area contributed by atoms with E-state index in [1.807, 2.05) is 0 Å². The number of ether oxygens (including phenoxy) is 1. The lowest BCUT2D eigenvalue weighted by molar-refractivity contribution is -0.203. The van der Waals surface area contributed by atoms with Crippen molar-refractivity contribution in [2.45, 2.75) is 43.5 Å². The Balaban J connectivity index is 1.94. The molecule has 1 saturated heterocycles. The highest BCUT2D eigenvalue weighted by molar-refractivity contribution is 5.82. The van der Waals surface area contributed by atoms with Gasteiger partial charge >= 0.3 is 6.18 Å². The standard InChI is InChI=1S/C15H16F3NO2/c16-15(17,18)14(19-13(20)12-6-3-9-21-12)8-7-10-4-1-2-5-11(10)14/h1-2,4-5,12H,3,6-9H2,(H,19,20)/t12-,14-/m0/s1. The van der Waals surface area contributed by atoms with E-state index in [-0.39, 0.29) is 12.0 Å². The lowest BCUT2D eigenvalue weighted by Gasteiger charge is -2.34. The Morgan fingerprint density at radius 3 is 2.76 bits per heavy atom. The second-order valence-corrected chi connectivity index (χ2v) is 5.55. The third-order valence-corrected chi connectivity index (χ3v) is 4.29. The van der Waals surface area contributed by atoms with Gasteiger partial charge in [-0.05, 0) is 36.8 Å². The molecule has 2 aliphatic rings. The summed E-state index contributed by atoms with van der Waals surface area (Å²) in [5.74, 6) is -0.665. The third-order valence-electron chi connectivity index (χ3n) is 4.29. The van der Waals surface area contributed by atoms with Crippen LogP contribution in [0.15, 0.2) is 24.3 Å². The van der Waals surface area contributed by atoms with E-state index in [1.54, 1.807) is 18.2 Å². The van der Waals surface area contributed by atoms with Gasteiger partial charge in [0.15, 0.2) is 5.54 Å². The van der Waals surface area contributed by atoms with Gasteiger partial charge in [-0.15, -0.1) is 0 Å². The van der Waals surface area contributed by atoms with Crippen LogP contribution in [0.2, 0.25) is 0 Å². The van der Waals surface area contributed by atoms with Gasteiger partial charge in [-0.1, -0.05) is 24.3 Å². The number of hydrogen-bond acceptors (Lipinski definition) is 2. The van der Waals surface area contributed by atoms with Gasteiger partial charge in [-0.3, -0.25) is 4.79 Å². The van der Waals surface area contributed by atoms with Crippen molar-refractivity contribution < 1.29 is 22.7 Å². The number of fused-ring (bicyclic) bond motifs is 1. The Kier molecular flexibility index (Phi) is 3.43. The molecule has 0 bridgehead atoms. The summed E-state index contributed by atoms with van der Waals surface area (Å²) in [6.07, 6.45) is -3.98. The van der Waals surface area contributed by atoms with Crippen LogP contribution in [0, 0.1) is 0 Å². The van der Waals surface area contributed by atoms with Crippen LogP contribution >= 0.6 is 0 Å². The minimum Gasteiger partial charge on any atom is -0.368 e. The van der Waals surface area contributed by atoms with Crippen molar-refractivity contribution in [3.8, 4) is 0 Å². The van der Waals surface area contributed by atoms with Gasteiger partial charge in [0.2, 0.25) is 5.91 Å². The molecule has 1 fully saturated rings. The summed E-state index contributed by atoms with van der Waals surface area (Å²) in [6, 6.07) is 6.42. The molecule has 1 heterocycles. The van der Waals surface area contributed by atoms with E-state index < -0.39 is 23.7 Å². The van der Waals surface area contributed by atoms with E-state index in [9.17, 15) is 18.0 Å². The van der Waals surface area contributed by atoms with Crippen LogP contribution in [0.3, 0.4) is 0 Å². The number of benzene rings is 1. The lowest BCUT2D eigenvalue weighted by atomic mass is 9.90. The predicted octanol–water partition coefficient (Wildman–Crippen LogP) is 2.69. The Hall–Kier alpha value is -1.56. The highest BCUT2D eigenvalue weighted by Gasteiger charge is 2.60. The van der Waals surface area contributed by atoms with Crippen LogP contribution in [-0.2, 0) is 21.5 Å². The highest BCUT2D eigenvalue weighted by Crippen LogP contribution is 2.48. The van der Waals surface area contributed by atoms with E-state index in [0.29, 0.717) is 31.4 Å². The molecule has 0 spiro atoms. The molecule has 0 radical (unpaired) electrons. The zero-order valence-electron chi connectivity index (χ0n) is 11.4. The van der Waals surface area contributed by atoms with E-state index in [2.05, 4.69) is 5.32 Å². The summed E-state index contributed by atoms with van der Waals surface area (Å²) in [5, 5.41) is 2.24. The second kappa shape index (κ2) is 5.02. The normalized spacial score (nSPS) is 28.4. The first-order chi connectivity index (χ1) is 9.94. The average Bonchev–Trinajstić information content (AvgIpc) is 3.06. The lowest BCUT2D eigenvalue weighted by Crippen LogP contribution is -2.56. The summed E-state index contributed by atoms with van der Waals surface area (Å²) in [5.41, 5.74) is -1.49. The van der Waals surface area contributed by atoms with Gasteiger partial charge in [-0.2, -0.15) is 13.2 Å². The number of amides is 1. The molecule has 21 heavy (non-hydrogen) atoms. The Morgan fingerprint density at radius 1 is 1.33 bits per heavy atom. The molecule has 1 aliphatic heterocycles. The van der Waals surface area contributed by atoms with E-state index >= 15 is 0 Å². The fourth-order valence-electron chi connectivity index (χ4n) is 3.18. The molecule has 1 N–H and O–H groups in total. The molecule has 2 atom stereocenters. The van der Waals surface area contributed by atoms with Crippen molar-refractivity contribution in [1.82, 2.24) is 5.32 Å². The highest BCUT2D eigenvalue weighted by atomic mass is 19.4. The summed E-state index contributed by atoms with van der Waals surface area (Å²) >= 11 is 0. The minimum atomic E-state index is -4.53. The summed E-state index contributed by atoms with van der Waals surface area (Å²) in [7, 11) is 0. The Labute approximate surface area is 120 Å². The third kappa shape index (κ3) is 2.31. The largest absolute Gasteiger partial charge is 0.415 e. The number of carbonyl (C=O) groups is 1. The second-order valence-electron chi connectivity index (χ2n) is 5.55. The quantitative estimate of drug-likeness (QED) is 0.912. The van der Waals surface area contributed by atoms with Crippen LogP contribution in [0.25, 0.3) is 0 Å². The first-order valence-electron chi connectivity index (χ1n) is 7.03. The first kappa shape index (κ1) is 14.4. The number of carbonyl (C=O) groups excluding carboxylic acids is 1. The van der Waals surface area contributed by atoms with E-state index in [1.165, 1.54) is 6.07 Å². The summed E-state index contributed by atoms with van der Waals surface area (Å²) in [6.45, 7) is 0.424. The summed E-state index contributed by atoms with van der Waals surface area (Å²) in [4.78, 5) is 12.1. The van der Waals surface area contributed by atoms with Crippen LogP contribution in [-0.4, -0.2) is 24.8 Å². The van der Waals surface area contributed by atoms with Gasteiger partial charge in [0.05, 0.1) is 0 Å². The molecule has 1 amide bonds. The van der Waals surface area contributed by atoms with Crippen molar-refractivity contribution in [2.75, 3.05) is 6.61 Å². The molecular weight excluding hydrogens is 283 g/mol. The number of aryl methyl sites for hydroxylation is 1. The number of nitrogens with one attached hydrogen (secondary N) is 1. The van der Waals surface area contributed by atoms with Gasteiger partial charge < -0.3 is 10.1 Å². The van der Waals surface area contributed by atoms with Gasteiger partial charge in [0, 0.05) is 6.61 Å². The van der Waals surface area contributed by atoms with E-state index in [4.69, 9.17) is 4.74 Å². The molecule has 3 nitrogen and oxygen atoms in total. The molecule has 1 aromatic rings. The predicted molar refractivity (Wildman–Crippen MR) is 69.6 cm³/mol. The number of alkyl halides is 3. The van der Waals surface area contributed by atoms with Crippen molar-refractivity contribution >= 4 is 5.91 Å². The zero-order valence-corrected chi connectivity index (χ0v) is 11.4. The molecular formula is C15H16F3NO2. The Morgan fingerprint density at radius 2 is 2.10 bits per heavy atom. The monoisotopic (exact) mass is 299 g/mol. The molecule has 0 aromatic heterocycles. The van der Waals surface area contributed by atoms with E-state index in [0.717, 1.165) is 0 Å². The van der Waals surface area contributed by atoms with Crippen LogP contribution in [0.1, 0.15) is 30.4 Å². The van der Waals surface area contributed by atoms with Gasteiger partial charge in [-0.25, -0.2) is 0 Å². The number of hydrogen-bond donors (Lipinski definition) is 1. The fraction of sp³-hybridized carbons (Fsp3) is 0.533. The SMILES string of the molecule is O=C(N[C@@]1(C(F)(F)F)CCc2ccccc21)[C@@H]1CCCO1. The zero-order chi connectivity index (χ0) is 15.1. The summed E-state index contributed by atoms with van der Waals surface area (Å²) < 4.78 is 46.3. The maximum Gasteiger partial charge on any atom is 0.415 e. The molecule has 6 heteroatoms. The number of halogens is 3. The minimum absolute atomic E-state index is 0.156. The molecule has 114 valence electrons.